The zero-order chi connectivity index (χ0) is 17.0. The van der Waals surface area contributed by atoms with Gasteiger partial charge in [-0.25, -0.2) is 0 Å². The first-order valence-corrected chi connectivity index (χ1v) is 8.56. The standard InChI is InChI=1S/C13H29N5O2S2/c1-13(9-22,17-7-5-15-3)12(20)18-10(8-21)11(19)16-6-4-14-2/h10,14-15,17,21-22H,4-9H2,1-3H3,(H,16,19)(H,18,20)/t10-,13-/m0/s1. The smallest absolute Gasteiger partial charge is 0.243 e. The normalized spacial score (nSPS) is 15.0. The van der Waals surface area contributed by atoms with E-state index in [9.17, 15) is 9.59 Å². The number of likely N-dealkylation sites (N-methyl/N-ethyl adjacent to an activating group) is 2. The second kappa shape index (κ2) is 12.0. The molecule has 0 aliphatic carbocycles. The second-order valence-electron chi connectivity index (χ2n) is 5.12. The molecular formula is C13H29N5O2S2. The highest BCUT2D eigenvalue weighted by Gasteiger charge is 2.33. The maximum atomic E-state index is 12.4. The van der Waals surface area contributed by atoms with Gasteiger partial charge in [0, 0.05) is 37.7 Å². The summed E-state index contributed by atoms with van der Waals surface area (Å²) in [5.74, 6) is 0.0521. The summed E-state index contributed by atoms with van der Waals surface area (Å²) in [4.78, 5) is 24.4. The van der Waals surface area contributed by atoms with Crippen LogP contribution in [0.2, 0.25) is 0 Å². The summed E-state index contributed by atoms with van der Waals surface area (Å²) in [5, 5.41) is 14.6. The average Bonchev–Trinajstić information content (AvgIpc) is 2.52. The third-order valence-corrected chi connectivity index (χ3v) is 4.18. The fourth-order valence-corrected chi connectivity index (χ4v) is 2.13. The molecule has 0 radical (unpaired) electrons. The van der Waals surface area contributed by atoms with Gasteiger partial charge in [-0.15, -0.1) is 0 Å². The van der Waals surface area contributed by atoms with Crippen LogP contribution in [0.3, 0.4) is 0 Å². The van der Waals surface area contributed by atoms with Crippen LogP contribution in [0.5, 0.6) is 0 Å². The third-order valence-electron chi connectivity index (χ3n) is 3.19. The van der Waals surface area contributed by atoms with Crippen molar-refractivity contribution in [3.8, 4) is 0 Å². The van der Waals surface area contributed by atoms with E-state index in [1.165, 1.54) is 0 Å². The number of carbonyl (C=O) groups excluding carboxylic acids is 2. The van der Waals surface area contributed by atoms with Crippen molar-refractivity contribution in [1.29, 1.82) is 0 Å². The lowest BCUT2D eigenvalue weighted by atomic mass is 10.0. The third kappa shape index (κ3) is 7.68. The number of hydrogen-bond acceptors (Lipinski definition) is 7. The van der Waals surface area contributed by atoms with Gasteiger partial charge in [0.2, 0.25) is 11.8 Å². The van der Waals surface area contributed by atoms with E-state index in [1.807, 2.05) is 7.05 Å². The minimum atomic E-state index is -0.841. The van der Waals surface area contributed by atoms with Gasteiger partial charge in [0.1, 0.15) is 11.6 Å². The SMILES string of the molecule is CNCCNC(=O)[C@H](CS)NC(=O)[C@](C)(CS)NCCNC. The van der Waals surface area contributed by atoms with Crippen molar-refractivity contribution >= 4 is 37.1 Å². The van der Waals surface area contributed by atoms with E-state index in [-0.39, 0.29) is 17.6 Å². The Morgan fingerprint density at radius 3 is 2.14 bits per heavy atom. The molecule has 0 saturated heterocycles. The van der Waals surface area contributed by atoms with Crippen LogP contribution in [-0.4, -0.2) is 75.2 Å². The Morgan fingerprint density at radius 2 is 1.64 bits per heavy atom. The monoisotopic (exact) mass is 351 g/mol. The molecule has 0 saturated carbocycles. The van der Waals surface area contributed by atoms with Crippen LogP contribution in [0.25, 0.3) is 0 Å². The summed E-state index contributed by atoms with van der Waals surface area (Å²) in [6, 6.07) is -0.669. The van der Waals surface area contributed by atoms with E-state index in [1.54, 1.807) is 14.0 Å². The molecule has 0 unspecified atom stereocenters. The van der Waals surface area contributed by atoms with Gasteiger partial charge in [0.05, 0.1) is 0 Å². The first-order valence-electron chi connectivity index (χ1n) is 7.29. The summed E-state index contributed by atoms with van der Waals surface area (Å²) in [6.07, 6.45) is 0. The maximum absolute atomic E-state index is 12.4. The average molecular weight is 352 g/mol. The molecule has 0 spiro atoms. The van der Waals surface area contributed by atoms with Crippen LogP contribution in [0.1, 0.15) is 6.92 Å². The molecule has 9 heteroatoms. The van der Waals surface area contributed by atoms with Crippen LogP contribution in [-0.2, 0) is 9.59 Å². The van der Waals surface area contributed by atoms with Crippen molar-refractivity contribution in [2.24, 2.45) is 0 Å². The van der Waals surface area contributed by atoms with Gasteiger partial charge in [0.15, 0.2) is 0 Å². The maximum Gasteiger partial charge on any atom is 0.243 e. The highest BCUT2D eigenvalue weighted by molar-refractivity contribution is 7.80. The molecule has 2 atom stereocenters. The zero-order valence-corrected chi connectivity index (χ0v) is 15.3. The fourth-order valence-electron chi connectivity index (χ4n) is 1.62. The van der Waals surface area contributed by atoms with Crippen molar-refractivity contribution in [1.82, 2.24) is 26.6 Å². The molecule has 130 valence electrons. The van der Waals surface area contributed by atoms with E-state index in [4.69, 9.17) is 0 Å². The highest BCUT2D eigenvalue weighted by atomic mass is 32.1. The molecule has 22 heavy (non-hydrogen) atoms. The van der Waals surface area contributed by atoms with Gasteiger partial charge in [-0.3, -0.25) is 9.59 Å². The molecule has 0 bridgehead atoms. The van der Waals surface area contributed by atoms with Crippen molar-refractivity contribution < 1.29 is 9.59 Å². The van der Waals surface area contributed by atoms with E-state index < -0.39 is 11.6 Å². The van der Waals surface area contributed by atoms with E-state index >= 15 is 0 Å². The lowest BCUT2D eigenvalue weighted by Crippen LogP contribution is -2.61. The summed E-state index contributed by atoms with van der Waals surface area (Å²) in [7, 11) is 3.64. The molecule has 0 aromatic carbocycles. The second-order valence-corrected chi connectivity index (χ2v) is 5.81. The topological polar surface area (TPSA) is 94.3 Å². The van der Waals surface area contributed by atoms with Crippen molar-refractivity contribution in [3.05, 3.63) is 0 Å². The molecular weight excluding hydrogens is 322 g/mol. The molecule has 0 aromatic heterocycles. The summed E-state index contributed by atoms with van der Waals surface area (Å²) >= 11 is 8.39. The van der Waals surface area contributed by atoms with Crippen LogP contribution in [0, 0.1) is 0 Å². The van der Waals surface area contributed by atoms with Crippen molar-refractivity contribution in [2.45, 2.75) is 18.5 Å². The highest BCUT2D eigenvalue weighted by Crippen LogP contribution is 2.07. The van der Waals surface area contributed by atoms with Crippen LogP contribution < -0.4 is 26.6 Å². The largest absolute Gasteiger partial charge is 0.353 e. The predicted octanol–water partition coefficient (Wildman–Crippen LogP) is -1.77. The minimum Gasteiger partial charge on any atom is -0.353 e. The number of rotatable bonds is 12. The van der Waals surface area contributed by atoms with Crippen molar-refractivity contribution in [2.75, 3.05) is 51.8 Å². The number of nitrogens with one attached hydrogen (secondary N) is 5. The van der Waals surface area contributed by atoms with Gasteiger partial charge in [-0.1, -0.05) is 0 Å². The van der Waals surface area contributed by atoms with E-state index in [0.717, 1.165) is 6.54 Å². The van der Waals surface area contributed by atoms with Gasteiger partial charge in [-0.05, 0) is 21.0 Å². The molecule has 5 N–H and O–H groups in total. The number of thiol groups is 2. The lowest BCUT2D eigenvalue weighted by Gasteiger charge is -2.30. The van der Waals surface area contributed by atoms with Gasteiger partial charge in [-0.2, -0.15) is 25.3 Å². The summed E-state index contributed by atoms with van der Waals surface area (Å²) in [5.41, 5.74) is -0.841. The number of hydrogen-bond donors (Lipinski definition) is 7. The summed E-state index contributed by atoms with van der Waals surface area (Å²) < 4.78 is 0. The molecule has 2 amide bonds. The van der Waals surface area contributed by atoms with Crippen molar-refractivity contribution in [3.63, 3.8) is 0 Å². The van der Waals surface area contributed by atoms with Gasteiger partial charge < -0.3 is 26.6 Å². The number of carbonyl (C=O) groups is 2. The Balaban J connectivity index is 4.56. The lowest BCUT2D eigenvalue weighted by molar-refractivity contribution is -0.131. The molecule has 0 aliphatic heterocycles. The molecule has 0 aromatic rings. The molecule has 0 heterocycles. The van der Waals surface area contributed by atoms with Crippen LogP contribution in [0.15, 0.2) is 0 Å². The predicted molar refractivity (Wildman–Crippen MR) is 96.9 cm³/mol. The summed E-state index contributed by atoms with van der Waals surface area (Å²) in [6.45, 7) is 4.29. The number of amides is 2. The Morgan fingerprint density at radius 1 is 1.05 bits per heavy atom. The minimum absolute atomic E-state index is 0.232. The molecule has 0 rings (SSSR count). The Bertz CT molecular complexity index is 346. The van der Waals surface area contributed by atoms with Crippen LogP contribution >= 0.6 is 25.3 Å². The zero-order valence-electron chi connectivity index (χ0n) is 13.5. The first kappa shape index (κ1) is 21.5. The van der Waals surface area contributed by atoms with Crippen LogP contribution in [0.4, 0.5) is 0 Å². The molecule has 7 nitrogen and oxygen atoms in total. The van der Waals surface area contributed by atoms with Gasteiger partial charge >= 0.3 is 0 Å². The van der Waals surface area contributed by atoms with E-state index in [0.29, 0.717) is 25.4 Å². The Labute approximate surface area is 144 Å². The fraction of sp³-hybridized carbons (Fsp3) is 0.846. The van der Waals surface area contributed by atoms with E-state index in [2.05, 4.69) is 51.8 Å². The molecule has 0 aliphatic rings. The van der Waals surface area contributed by atoms with Gasteiger partial charge in [0.25, 0.3) is 0 Å². The molecule has 0 fully saturated rings. The Hall–Kier alpha value is -0.480. The first-order chi connectivity index (χ1) is 10.4. The Kier molecular flexibility index (Phi) is 11.7. The quantitative estimate of drug-likeness (QED) is 0.167.